The van der Waals surface area contributed by atoms with Crippen LogP contribution in [0.15, 0.2) is 84.9 Å². The van der Waals surface area contributed by atoms with Gasteiger partial charge in [-0.15, -0.1) is 6.58 Å². The number of allylic oxidation sites excluding steroid dienone is 1. The van der Waals surface area contributed by atoms with Crippen LogP contribution >= 0.6 is 0 Å². The molecule has 0 aromatic heterocycles. The zero-order valence-electron chi connectivity index (χ0n) is 14.2. The van der Waals surface area contributed by atoms with Crippen molar-refractivity contribution in [2.75, 3.05) is 16.3 Å². The average molecular weight is 342 g/mol. The second kappa shape index (κ2) is 5.19. The molecular formula is C22H18N2O2. The summed E-state index contributed by atoms with van der Waals surface area (Å²) in [4.78, 5) is 17.2. The number of hydrogen-bond acceptors (Lipinski definition) is 4. The van der Waals surface area contributed by atoms with E-state index in [9.17, 15) is 9.90 Å². The number of nitrogens with zero attached hydrogens (tertiary/aromatic N) is 2. The number of rotatable bonds is 2. The third-order valence-electron chi connectivity index (χ3n) is 5.37. The van der Waals surface area contributed by atoms with E-state index < -0.39 is 5.60 Å². The number of Topliss-reactive ketones (excluding diaryl/α,β-unsaturated/α-hetero) is 1. The highest BCUT2D eigenvalue weighted by Crippen LogP contribution is 2.53. The molecule has 4 heteroatoms. The topological polar surface area (TPSA) is 43.8 Å². The molecule has 3 heterocycles. The van der Waals surface area contributed by atoms with Crippen LogP contribution in [0, 0.1) is 0 Å². The van der Waals surface area contributed by atoms with Crippen LogP contribution in [0.4, 0.5) is 11.4 Å². The fourth-order valence-corrected chi connectivity index (χ4v) is 4.32. The van der Waals surface area contributed by atoms with Crippen molar-refractivity contribution >= 4 is 17.2 Å². The minimum atomic E-state index is -1.22. The summed E-state index contributed by atoms with van der Waals surface area (Å²) in [5.74, 6) is -0.0533. The number of ketones is 1. The monoisotopic (exact) mass is 342 g/mol. The number of para-hydroxylation sites is 2. The summed E-state index contributed by atoms with van der Waals surface area (Å²) in [6.07, 6.45) is 6.06. The smallest absolute Gasteiger partial charge is 0.213 e. The highest BCUT2D eigenvalue weighted by atomic mass is 16.3. The third-order valence-corrected chi connectivity index (χ3v) is 5.37. The van der Waals surface area contributed by atoms with Gasteiger partial charge in [0.25, 0.3) is 0 Å². The fraction of sp³-hybridized carbons (Fsp3) is 0.136. The van der Waals surface area contributed by atoms with Gasteiger partial charge in [-0.3, -0.25) is 4.79 Å². The molecular weight excluding hydrogens is 324 g/mol. The molecule has 3 aliphatic heterocycles. The molecule has 1 atom stereocenters. The number of benzene rings is 2. The number of fused-ring (bicyclic) bond motifs is 6. The van der Waals surface area contributed by atoms with Crippen LogP contribution in [0.3, 0.4) is 0 Å². The van der Waals surface area contributed by atoms with Gasteiger partial charge in [-0.1, -0.05) is 42.5 Å². The molecule has 1 unspecified atom stereocenters. The molecule has 26 heavy (non-hydrogen) atoms. The van der Waals surface area contributed by atoms with E-state index in [0.717, 1.165) is 16.9 Å². The molecule has 0 bridgehead atoms. The van der Waals surface area contributed by atoms with Gasteiger partial charge in [0.1, 0.15) is 11.3 Å². The Hall–Kier alpha value is -3.11. The molecule has 128 valence electrons. The lowest BCUT2D eigenvalue weighted by atomic mass is 9.88. The SMILES string of the molecule is C=CCN1C2=C3C(=O)c4ccccc4N3C=CCC2(O)c2ccccc21. The van der Waals surface area contributed by atoms with Crippen LogP contribution in [-0.4, -0.2) is 17.4 Å². The van der Waals surface area contributed by atoms with Gasteiger partial charge in [-0.25, -0.2) is 0 Å². The predicted octanol–water partition coefficient (Wildman–Crippen LogP) is 3.71. The van der Waals surface area contributed by atoms with Crippen LogP contribution in [0.1, 0.15) is 22.3 Å². The summed E-state index contributed by atoms with van der Waals surface area (Å²) in [7, 11) is 0. The maximum Gasteiger partial charge on any atom is 0.213 e. The molecule has 0 radical (unpaired) electrons. The minimum Gasteiger partial charge on any atom is -0.378 e. The molecule has 0 saturated carbocycles. The van der Waals surface area contributed by atoms with E-state index in [2.05, 4.69) is 6.58 Å². The van der Waals surface area contributed by atoms with Crippen molar-refractivity contribution in [2.45, 2.75) is 12.0 Å². The van der Waals surface area contributed by atoms with Gasteiger partial charge in [0.2, 0.25) is 5.78 Å². The fourth-order valence-electron chi connectivity index (χ4n) is 4.32. The normalized spacial score (nSPS) is 22.7. The minimum absolute atomic E-state index is 0.0533. The lowest BCUT2D eigenvalue weighted by Gasteiger charge is -2.29. The van der Waals surface area contributed by atoms with Crippen molar-refractivity contribution in [1.29, 1.82) is 0 Å². The molecule has 0 spiro atoms. The third kappa shape index (κ3) is 1.74. The Morgan fingerprint density at radius 2 is 1.85 bits per heavy atom. The summed E-state index contributed by atoms with van der Waals surface area (Å²) in [5.41, 5.74) is 3.23. The summed E-state index contributed by atoms with van der Waals surface area (Å²) in [6.45, 7) is 4.39. The van der Waals surface area contributed by atoms with Crippen LogP contribution in [-0.2, 0) is 5.60 Å². The van der Waals surface area contributed by atoms with Gasteiger partial charge in [0, 0.05) is 36.0 Å². The van der Waals surface area contributed by atoms with Gasteiger partial charge in [-0.05, 0) is 18.2 Å². The highest BCUT2D eigenvalue weighted by molar-refractivity contribution is 6.20. The summed E-state index contributed by atoms with van der Waals surface area (Å²) < 4.78 is 0. The van der Waals surface area contributed by atoms with E-state index in [-0.39, 0.29) is 5.78 Å². The summed E-state index contributed by atoms with van der Waals surface area (Å²) in [6, 6.07) is 15.4. The molecule has 0 amide bonds. The predicted molar refractivity (Wildman–Crippen MR) is 102 cm³/mol. The molecule has 0 saturated heterocycles. The van der Waals surface area contributed by atoms with E-state index in [4.69, 9.17) is 0 Å². The van der Waals surface area contributed by atoms with Crippen molar-refractivity contribution < 1.29 is 9.90 Å². The van der Waals surface area contributed by atoms with Crippen LogP contribution in [0.5, 0.6) is 0 Å². The summed E-state index contributed by atoms with van der Waals surface area (Å²) in [5, 5.41) is 11.7. The molecule has 0 aliphatic carbocycles. The molecule has 0 fully saturated rings. The van der Waals surface area contributed by atoms with Gasteiger partial charge in [0.05, 0.1) is 11.4 Å². The first-order valence-corrected chi connectivity index (χ1v) is 8.71. The average Bonchev–Trinajstić information content (AvgIpc) is 2.99. The Labute approximate surface area is 152 Å². The molecule has 1 N–H and O–H groups in total. The van der Waals surface area contributed by atoms with E-state index in [1.165, 1.54) is 0 Å². The van der Waals surface area contributed by atoms with E-state index in [0.29, 0.717) is 29.9 Å². The van der Waals surface area contributed by atoms with Crippen molar-refractivity contribution in [1.82, 2.24) is 0 Å². The number of aliphatic hydroxyl groups is 1. The van der Waals surface area contributed by atoms with Crippen molar-refractivity contribution in [2.24, 2.45) is 0 Å². The first-order chi connectivity index (χ1) is 12.7. The zero-order valence-corrected chi connectivity index (χ0v) is 14.2. The maximum atomic E-state index is 13.3. The van der Waals surface area contributed by atoms with E-state index in [1.54, 1.807) is 6.08 Å². The molecule has 2 aromatic rings. The van der Waals surface area contributed by atoms with Gasteiger partial charge in [0.15, 0.2) is 0 Å². The molecule has 3 aliphatic rings. The van der Waals surface area contributed by atoms with Gasteiger partial charge in [-0.2, -0.15) is 0 Å². The quantitative estimate of drug-likeness (QED) is 0.845. The Kier molecular flexibility index (Phi) is 3.03. The molecule has 5 rings (SSSR count). The highest BCUT2D eigenvalue weighted by Gasteiger charge is 2.51. The van der Waals surface area contributed by atoms with E-state index in [1.807, 2.05) is 70.6 Å². The summed E-state index contributed by atoms with van der Waals surface area (Å²) >= 11 is 0. The Morgan fingerprint density at radius 3 is 2.65 bits per heavy atom. The standard InChI is InChI=1S/C22H18N2O2/c1-2-13-24-18-11-6-4-9-16(18)22(26)12-7-14-23-17-10-5-3-8-15(17)20(25)19(23)21(22)24/h2-11,14,26H,1,12-13H2. The lowest BCUT2D eigenvalue weighted by molar-refractivity contribution is 0.0821. The van der Waals surface area contributed by atoms with Crippen LogP contribution in [0.2, 0.25) is 0 Å². The second-order valence-electron chi connectivity index (χ2n) is 6.78. The van der Waals surface area contributed by atoms with Crippen LogP contribution in [0.25, 0.3) is 0 Å². The first-order valence-electron chi connectivity index (χ1n) is 8.71. The first kappa shape index (κ1) is 15.2. The van der Waals surface area contributed by atoms with Crippen LogP contribution < -0.4 is 9.80 Å². The van der Waals surface area contributed by atoms with Gasteiger partial charge >= 0.3 is 0 Å². The van der Waals surface area contributed by atoms with Crippen molar-refractivity contribution in [3.63, 3.8) is 0 Å². The zero-order chi connectivity index (χ0) is 17.9. The Bertz CT molecular complexity index is 1020. The Balaban J connectivity index is 1.84. The molecule has 2 aromatic carbocycles. The second-order valence-corrected chi connectivity index (χ2v) is 6.78. The Morgan fingerprint density at radius 1 is 1.12 bits per heavy atom. The van der Waals surface area contributed by atoms with Gasteiger partial charge < -0.3 is 14.9 Å². The molecule has 4 nitrogen and oxygen atoms in total. The lowest BCUT2D eigenvalue weighted by Crippen LogP contribution is -2.34. The number of hydrogen-bond donors (Lipinski definition) is 1. The number of carbonyl (C=O) groups excluding carboxylic acids is 1. The van der Waals surface area contributed by atoms with Crippen molar-refractivity contribution in [3.8, 4) is 0 Å². The maximum absolute atomic E-state index is 13.3. The number of carbonyl (C=O) groups is 1. The number of anilines is 2. The van der Waals surface area contributed by atoms with E-state index >= 15 is 0 Å². The van der Waals surface area contributed by atoms with Crippen molar-refractivity contribution in [3.05, 3.63) is 96.0 Å². The largest absolute Gasteiger partial charge is 0.378 e.